The molecular formula is C17H20N2O4. The van der Waals surface area contributed by atoms with Crippen LogP contribution in [0.3, 0.4) is 0 Å². The number of hydrogen-bond donors (Lipinski definition) is 1. The molecule has 0 aromatic heterocycles. The number of amides is 1. The predicted molar refractivity (Wildman–Crippen MR) is 83.9 cm³/mol. The number of nitriles is 1. The first-order valence-corrected chi connectivity index (χ1v) is 7.58. The van der Waals surface area contributed by atoms with Gasteiger partial charge in [0.2, 0.25) is 0 Å². The van der Waals surface area contributed by atoms with Gasteiger partial charge in [0.25, 0.3) is 5.91 Å². The number of anilines is 1. The first-order chi connectivity index (χ1) is 10.9. The van der Waals surface area contributed by atoms with Crippen molar-refractivity contribution in [2.75, 3.05) is 11.9 Å². The molecule has 1 fully saturated rings. The Kier molecular flexibility index (Phi) is 5.02. The fourth-order valence-corrected chi connectivity index (χ4v) is 2.50. The monoisotopic (exact) mass is 316 g/mol. The molecule has 1 atom stereocenters. The van der Waals surface area contributed by atoms with Crippen molar-refractivity contribution in [2.45, 2.75) is 39.2 Å². The van der Waals surface area contributed by atoms with Gasteiger partial charge in [0.15, 0.2) is 0 Å². The minimum atomic E-state index is -0.893. The third-order valence-corrected chi connectivity index (χ3v) is 3.87. The van der Waals surface area contributed by atoms with Crippen molar-refractivity contribution in [1.82, 2.24) is 0 Å². The second-order valence-electron chi connectivity index (χ2n) is 5.68. The minimum absolute atomic E-state index is 0.202. The quantitative estimate of drug-likeness (QED) is 0.644. The molecule has 23 heavy (non-hydrogen) atoms. The lowest BCUT2D eigenvalue weighted by atomic mass is 9.98. The average Bonchev–Trinajstić information content (AvgIpc) is 3.33. The Morgan fingerprint density at radius 1 is 1.43 bits per heavy atom. The van der Waals surface area contributed by atoms with E-state index in [1.807, 2.05) is 13.0 Å². The summed E-state index contributed by atoms with van der Waals surface area (Å²) in [6.45, 7) is 5.35. The van der Waals surface area contributed by atoms with Crippen LogP contribution in [0.5, 0.6) is 5.75 Å². The summed E-state index contributed by atoms with van der Waals surface area (Å²) in [4.78, 5) is 23.6. The molecule has 1 N–H and O–H groups in total. The average molecular weight is 316 g/mol. The van der Waals surface area contributed by atoms with E-state index in [9.17, 15) is 14.9 Å². The summed E-state index contributed by atoms with van der Waals surface area (Å²) in [7, 11) is 0. The molecule has 2 rings (SSSR count). The van der Waals surface area contributed by atoms with Crippen LogP contribution < -0.4 is 10.1 Å². The van der Waals surface area contributed by atoms with E-state index in [0.29, 0.717) is 12.3 Å². The predicted octanol–water partition coefficient (Wildman–Crippen LogP) is 2.63. The molecule has 0 spiro atoms. The van der Waals surface area contributed by atoms with Crippen molar-refractivity contribution in [3.05, 3.63) is 23.8 Å². The maximum absolute atomic E-state index is 12.6. The van der Waals surface area contributed by atoms with Crippen molar-refractivity contribution >= 4 is 17.6 Å². The van der Waals surface area contributed by atoms with Crippen LogP contribution in [0.4, 0.5) is 5.69 Å². The summed E-state index contributed by atoms with van der Waals surface area (Å²) in [6.07, 6.45) is 1.92. The lowest BCUT2D eigenvalue weighted by Crippen LogP contribution is -2.45. The van der Waals surface area contributed by atoms with Crippen LogP contribution in [0.1, 0.15) is 39.2 Å². The second kappa shape index (κ2) is 6.80. The number of nitrogens with one attached hydrogen (secondary N) is 1. The van der Waals surface area contributed by atoms with Crippen LogP contribution in [0.25, 0.3) is 0 Å². The van der Waals surface area contributed by atoms with Gasteiger partial charge in [0.05, 0.1) is 11.3 Å². The zero-order valence-corrected chi connectivity index (χ0v) is 13.5. The molecule has 0 unspecified atom stereocenters. The fourth-order valence-electron chi connectivity index (χ4n) is 2.50. The SMILES string of the molecule is CCO[C@@](C)(C(=O)Nc1ccc(OC(C)=O)cc1C#N)C1CC1. The summed E-state index contributed by atoms with van der Waals surface area (Å²) in [6, 6.07) is 6.50. The molecular weight excluding hydrogens is 296 g/mol. The van der Waals surface area contributed by atoms with Gasteiger partial charge in [0, 0.05) is 19.6 Å². The normalized spacial score (nSPS) is 16.1. The molecule has 1 aliphatic rings. The van der Waals surface area contributed by atoms with Crippen molar-refractivity contribution in [2.24, 2.45) is 5.92 Å². The number of carbonyl (C=O) groups excluding carboxylic acids is 2. The molecule has 0 heterocycles. The molecule has 6 heteroatoms. The van der Waals surface area contributed by atoms with E-state index in [1.54, 1.807) is 13.0 Å². The summed E-state index contributed by atoms with van der Waals surface area (Å²) in [5, 5.41) is 12.0. The van der Waals surface area contributed by atoms with Gasteiger partial charge in [-0.3, -0.25) is 9.59 Å². The summed E-state index contributed by atoms with van der Waals surface area (Å²) in [5.74, 6) is -0.267. The van der Waals surface area contributed by atoms with Crippen LogP contribution in [0.15, 0.2) is 18.2 Å². The van der Waals surface area contributed by atoms with Gasteiger partial charge in [-0.15, -0.1) is 0 Å². The van der Waals surface area contributed by atoms with Crippen molar-refractivity contribution in [1.29, 1.82) is 5.26 Å². The maximum atomic E-state index is 12.6. The van der Waals surface area contributed by atoms with E-state index in [2.05, 4.69) is 5.32 Å². The number of hydrogen-bond acceptors (Lipinski definition) is 5. The molecule has 0 saturated heterocycles. The van der Waals surface area contributed by atoms with E-state index < -0.39 is 11.6 Å². The number of rotatable bonds is 6. The summed E-state index contributed by atoms with van der Waals surface area (Å²) >= 11 is 0. The van der Waals surface area contributed by atoms with Crippen LogP contribution >= 0.6 is 0 Å². The van der Waals surface area contributed by atoms with Gasteiger partial charge in [0.1, 0.15) is 17.4 Å². The standard InChI is InChI=1S/C17H20N2O4/c1-4-22-17(3,13-5-6-13)16(21)19-15-8-7-14(23-11(2)20)9-12(15)10-18/h7-9,13H,4-6H2,1-3H3,(H,19,21)/t17-/m1/s1. The van der Waals surface area contributed by atoms with Gasteiger partial charge in [-0.1, -0.05) is 0 Å². The number of nitrogens with zero attached hydrogens (tertiary/aromatic N) is 1. The summed E-state index contributed by atoms with van der Waals surface area (Å²) < 4.78 is 10.6. The Morgan fingerprint density at radius 2 is 2.13 bits per heavy atom. The van der Waals surface area contributed by atoms with Gasteiger partial charge >= 0.3 is 5.97 Å². The first-order valence-electron chi connectivity index (χ1n) is 7.58. The largest absolute Gasteiger partial charge is 0.427 e. The Labute approximate surface area is 135 Å². The molecule has 1 aromatic carbocycles. The molecule has 1 aromatic rings. The highest BCUT2D eigenvalue weighted by Crippen LogP contribution is 2.42. The highest BCUT2D eigenvalue weighted by molar-refractivity contribution is 5.98. The molecule has 1 aliphatic carbocycles. The minimum Gasteiger partial charge on any atom is -0.427 e. The zero-order chi connectivity index (χ0) is 17.0. The van der Waals surface area contributed by atoms with Gasteiger partial charge in [-0.25, -0.2) is 0 Å². The van der Waals surface area contributed by atoms with Gasteiger partial charge < -0.3 is 14.8 Å². The Balaban J connectivity index is 2.20. The topological polar surface area (TPSA) is 88.4 Å². The van der Waals surface area contributed by atoms with Crippen LogP contribution in [0, 0.1) is 17.2 Å². The third kappa shape index (κ3) is 3.88. The number of carbonyl (C=O) groups is 2. The zero-order valence-electron chi connectivity index (χ0n) is 13.5. The second-order valence-corrected chi connectivity index (χ2v) is 5.68. The molecule has 1 saturated carbocycles. The molecule has 1 amide bonds. The van der Waals surface area contributed by atoms with E-state index in [-0.39, 0.29) is 23.1 Å². The lowest BCUT2D eigenvalue weighted by Gasteiger charge is -2.28. The van der Waals surface area contributed by atoms with E-state index in [1.165, 1.54) is 19.1 Å². The number of esters is 1. The van der Waals surface area contributed by atoms with Crippen LogP contribution in [-0.2, 0) is 14.3 Å². The highest BCUT2D eigenvalue weighted by atomic mass is 16.5. The van der Waals surface area contributed by atoms with Crippen LogP contribution in [0.2, 0.25) is 0 Å². The molecule has 6 nitrogen and oxygen atoms in total. The molecule has 0 bridgehead atoms. The van der Waals surface area contributed by atoms with Crippen molar-refractivity contribution < 1.29 is 19.1 Å². The van der Waals surface area contributed by atoms with E-state index >= 15 is 0 Å². The highest BCUT2D eigenvalue weighted by Gasteiger charge is 2.48. The Hall–Kier alpha value is -2.39. The molecule has 0 radical (unpaired) electrons. The van der Waals surface area contributed by atoms with Gasteiger partial charge in [-0.05, 0) is 44.7 Å². The third-order valence-electron chi connectivity index (χ3n) is 3.87. The fraction of sp³-hybridized carbons (Fsp3) is 0.471. The van der Waals surface area contributed by atoms with E-state index in [4.69, 9.17) is 9.47 Å². The number of ether oxygens (including phenoxy) is 2. The number of benzene rings is 1. The maximum Gasteiger partial charge on any atom is 0.308 e. The summed E-state index contributed by atoms with van der Waals surface area (Å²) in [5.41, 5.74) is -0.289. The lowest BCUT2D eigenvalue weighted by molar-refractivity contribution is -0.141. The van der Waals surface area contributed by atoms with Gasteiger partial charge in [-0.2, -0.15) is 5.26 Å². The molecule has 0 aliphatic heterocycles. The smallest absolute Gasteiger partial charge is 0.308 e. The first kappa shape index (κ1) is 17.0. The van der Waals surface area contributed by atoms with E-state index in [0.717, 1.165) is 12.8 Å². The van der Waals surface area contributed by atoms with Crippen molar-refractivity contribution in [3.8, 4) is 11.8 Å². The van der Waals surface area contributed by atoms with Crippen LogP contribution in [-0.4, -0.2) is 24.1 Å². The molecule has 122 valence electrons. The Morgan fingerprint density at radius 3 is 2.65 bits per heavy atom. The Bertz CT molecular complexity index is 661. The van der Waals surface area contributed by atoms with Crippen molar-refractivity contribution in [3.63, 3.8) is 0 Å².